The topological polar surface area (TPSA) is 29.3 Å². The van der Waals surface area contributed by atoms with Crippen LogP contribution in [-0.4, -0.2) is 24.0 Å². The molecule has 2 nitrogen and oxygen atoms in total. The van der Waals surface area contributed by atoms with Gasteiger partial charge in [-0.05, 0) is 68.5 Å². The van der Waals surface area contributed by atoms with Crippen LogP contribution in [0.3, 0.4) is 0 Å². The molecule has 1 aliphatic heterocycles. The van der Waals surface area contributed by atoms with Crippen LogP contribution in [0.15, 0.2) is 18.2 Å². The maximum absolute atomic E-state index is 6.47. The number of halogens is 2. The fourth-order valence-corrected chi connectivity index (χ4v) is 3.92. The van der Waals surface area contributed by atoms with E-state index in [-0.39, 0.29) is 0 Å². The quantitative estimate of drug-likeness (QED) is 0.903. The Hall–Kier alpha value is -0.280. The summed E-state index contributed by atoms with van der Waals surface area (Å²) in [5.41, 5.74) is 7.24. The molecule has 2 N–H and O–H groups in total. The molecule has 110 valence electrons. The normalized spacial score (nSPS) is 28.4. The molecule has 2 aliphatic rings. The largest absolute Gasteiger partial charge is 0.330 e. The molecule has 2 unspecified atom stereocenters. The number of benzene rings is 1. The predicted octanol–water partition coefficient (Wildman–Crippen LogP) is 4.26. The van der Waals surface area contributed by atoms with Crippen LogP contribution in [0.2, 0.25) is 10.0 Å². The first-order chi connectivity index (χ1) is 9.70. The Morgan fingerprint density at radius 3 is 2.65 bits per heavy atom. The van der Waals surface area contributed by atoms with Crippen LogP contribution >= 0.6 is 23.2 Å². The van der Waals surface area contributed by atoms with Crippen LogP contribution in [0.5, 0.6) is 0 Å². The molecule has 1 aromatic rings. The van der Waals surface area contributed by atoms with E-state index in [9.17, 15) is 0 Å². The number of nitrogens with two attached hydrogens (primary N) is 1. The lowest BCUT2D eigenvalue weighted by Crippen LogP contribution is -2.37. The zero-order chi connectivity index (χ0) is 14.1. The van der Waals surface area contributed by atoms with Crippen molar-refractivity contribution in [2.75, 3.05) is 13.1 Å². The molecule has 1 aromatic carbocycles. The number of rotatable bonds is 3. The van der Waals surface area contributed by atoms with Crippen LogP contribution in [0.1, 0.15) is 43.7 Å². The van der Waals surface area contributed by atoms with Gasteiger partial charge in [-0.2, -0.15) is 0 Å². The van der Waals surface area contributed by atoms with Gasteiger partial charge in [0.1, 0.15) is 0 Å². The second-order valence-corrected chi connectivity index (χ2v) is 6.91. The molecule has 0 bridgehead atoms. The lowest BCUT2D eigenvalue weighted by molar-refractivity contribution is 0.149. The predicted molar refractivity (Wildman–Crippen MR) is 85.3 cm³/mol. The summed E-state index contributed by atoms with van der Waals surface area (Å²) < 4.78 is 0. The van der Waals surface area contributed by atoms with Crippen LogP contribution in [0.25, 0.3) is 0 Å². The van der Waals surface area contributed by atoms with Crippen molar-refractivity contribution in [2.24, 2.45) is 11.7 Å². The van der Waals surface area contributed by atoms with Crippen molar-refractivity contribution >= 4 is 23.2 Å². The van der Waals surface area contributed by atoms with Gasteiger partial charge in [-0.3, -0.25) is 4.90 Å². The summed E-state index contributed by atoms with van der Waals surface area (Å²) in [7, 11) is 0. The highest BCUT2D eigenvalue weighted by Crippen LogP contribution is 2.44. The van der Waals surface area contributed by atoms with Gasteiger partial charge >= 0.3 is 0 Å². The number of likely N-dealkylation sites (tertiary alicyclic amines) is 1. The van der Waals surface area contributed by atoms with E-state index in [0.717, 1.165) is 29.2 Å². The molecule has 2 atom stereocenters. The second-order valence-electron chi connectivity index (χ2n) is 6.07. The molecule has 1 saturated heterocycles. The van der Waals surface area contributed by atoms with Gasteiger partial charge in [0.2, 0.25) is 0 Å². The molecule has 1 saturated carbocycles. The van der Waals surface area contributed by atoms with Gasteiger partial charge in [-0.15, -0.1) is 0 Å². The van der Waals surface area contributed by atoms with Gasteiger partial charge in [0.05, 0.1) is 0 Å². The first-order valence-electron chi connectivity index (χ1n) is 7.61. The highest BCUT2D eigenvalue weighted by Gasteiger charge is 2.39. The van der Waals surface area contributed by atoms with Gasteiger partial charge in [-0.25, -0.2) is 0 Å². The minimum Gasteiger partial charge on any atom is -0.330 e. The van der Waals surface area contributed by atoms with Crippen molar-refractivity contribution in [1.29, 1.82) is 0 Å². The molecular formula is C16H22Cl2N2. The van der Waals surface area contributed by atoms with Crippen LogP contribution < -0.4 is 5.73 Å². The Labute approximate surface area is 131 Å². The van der Waals surface area contributed by atoms with Crippen molar-refractivity contribution in [3.05, 3.63) is 33.8 Å². The van der Waals surface area contributed by atoms with E-state index in [4.69, 9.17) is 28.9 Å². The van der Waals surface area contributed by atoms with Crippen molar-refractivity contribution < 1.29 is 0 Å². The van der Waals surface area contributed by atoms with Gasteiger partial charge < -0.3 is 5.73 Å². The number of hydrogen-bond acceptors (Lipinski definition) is 2. The molecule has 20 heavy (non-hydrogen) atoms. The van der Waals surface area contributed by atoms with Crippen molar-refractivity contribution in [3.63, 3.8) is 0 Å². The van der Waals surface area contributed by atoms with E-state index in [1.165, 1.54) is 37.7 Å². The Kier molecular flexibility index (Phi) is 4.56. The number of nitrogens with zero attached hydrogens (tertiary/aromatic N) is 1. The summed E-state index contributed by atoms with van der Waals surface area (Å²) in [4.78, 5) is 2.64. The Morgan fingerprint density at radius 1 is 1.15 bits per heavy atom. The Balaban J connectivity index is 2.00. The first-order valence-corrected chi connectivity index (χ1v) is 8.37. The smallest absolute Gasteiger partial charge is 0.0455 e. The fourth-order valence-electron chi connectivity index (χ4n) is 3.51. The third-order valence-corrected chi connectivity index (χ3v) is 5.22. The lowest BCUT2D eigenvalue weighted by atomic mass is 9.89. The van der Waals surface area contributed by atoms with Crippen LogP contribution in [-0.2, 0) is 0 Å². The molecule has 3 rings (SSSR count). The molecular weight excluding hydrogens is 291 g/mol. The minimum absolute atomic E-state index is 0.334. The molecule has 4 heteroatoms. The first kappa shape index (κ1) is 14.6. The van der Waals surface area contributed by atoms with E-state index in [2.05, 4.69) is 4.90 Å². The maximum Gasteiger partial charge on any atom is 0.0455 e. The SMILES string of the molecule is NCC1CCCCN(C2CC2)C1c1cc(Cl)ccc1Cl. The number of hydrogen-bond donors (Lipinski definition) is 1. The van der Waals surface area contributed by atoms with Crippen molar-refractivity contribution in [3.8, 4) is 0 Å². The molecule has 0 amide bonds. The van der Waals surface area contributed by atoms with Gasteiger partial charge in [-0.1, -0.05) is 29.6 Å². The molecule has 0 aromatic heterocycles. The average Bonchev–Trinajstić information content (AvgIpc) is 3.26. The summed E-state index contributed by atoms with van der Waals surface area (Å²) in [5, 5.41) is 1.59. The average molecular weight is 313 g/mol. The van der Waals surface area contributed by atoms with Crippen LogP contribution in [0, 0.1) is 5.92 Å². The van der Waals surface area contributed by atoms with E-state index < -0.39 is 0 Å². The van der Waals surface area contributed by atoms with E-state index in [0.29, 0.717) is 12.0 Å². The molecule has 1 heterocycles. The highest BCUT2D eigenvalue weighted by molar-refractivity contribution is 6.33. The zero-order valence-electron chi connectivity index (χ0n) is 11.7. The lowest BCUT2D eigenvalue weighted by Gasteiger charge is -2.36. The summed E-state index contributed by atoms with van der Waals surface area (Å²) in [6.45, 7) is 1.88. The van der Waals surface area contributed by atoms with Crippen molar-refractivity contribution in [2.45, 2.75) is 44.2 Å². The van der Waals surface area contributed by atoms with Gasteiger partial charge in [0, 0.05) is 22.1 Å². The molecule has 0 spiro atoms. The van der Waals surface area contributed by atoms with Crippen molar-refractivity contribution in [1.82, 2.24) is 4.90 Å². The molecule has 2 fully saturated rings. The summed E-state index contributed by atoms with van der Waals surface area (Å²) in [6.07, 6.45) is 6.34. The summed E-state index contributed by atoms with van der Waals surface area (Å²) in [6, 6.07) is 6.88. The molecule has 1 aliphatic carbocycles. The highest BCUT2D eigenvalue weighted by atomic mass is 35.5. The Morgan fingerprint density at radius 2 is 1.95 bits per heavy atom. The van der Waals surface area contributed by atoms with Gasteiger partial charge in [0.25, 0.3) is 0 Å². The summed E-state index contributed by atoms with van der Waals surface area (Å²) in [5.74, 6) is 0.481. The van der Waals surface area contributed by atoms with Crippen LogP contribution in [0.4, 0.5) is 0 Å². The Bertz CT molecular complexity index is 474. The van der Waals surface area contributed by atoms with E-state index >= 15 is 0 Å². The second kappa shape index (κ2) is 6.23. The van der Waals surface area contributed by atoms with E-state index in [1.807, 2.05) is 18.2 Å². The standard InChI is InChI=1S/C16H22Cl2N2/c17-12-4-7-15(18)14(9-12)16-11(10-19)3-1-2-8-20(16)13-5-6-13/h4,7,9,11,13,16H,1-3,5-6,8,10,19H2. The minimum atomic E-state index is 0.334. The fraction of sp³-hybridized carbons (Fsp3) is 0.625. The third-order valence-electron chi connectivity index (χ3n) is 4.64. The zero-order valence-corrected chi connectivity index (χ0v) is 13.2. The van der Waals surface area contributed by atoms with E-state index in [1.54, 1.807) is 0 Å². The summed E-state index contributed by atoms with van der Waals surface area (Å²) >= 11 is 12.7. The van der Waals surface area contributed by atoms with Gasteiger partial charge in [0.15, 0.2) is 0 Å². The third kappa shape index (κ3) is 2.99. The molecule has 0 radical (unpaired) electrons. The maximum atomic E-state index is 6.47. The monoisotopic (exact) mass is 312 g/mol.